The molecule has 4 nitrogen and oxygen atoms in total. The highest BCUT2D eigenvalue weighted by atomic mass is 19.1. The first-order valence-corrected chi connectivity index (χ1v) is 8.42. The van der Waals surface area contributed by atoms with Gasteiger partial charge in [-0.05, 0) is 48.6 Å². The van der Waals surface area contributed by atoms with Crippen molar-refractivity contribution in [1.29, 1.82) is 0 Å². The Kier molecular flexibility index (Phi) is 5.41. The zero-order valence-electron chi connectivity index (χ0n) is 13.5. The number of halogens is 1. The molecule has 1 heterocycles. The molecular formula is C19H22FN3O. The molecule has 1 saturated carbocycles. The maximum atomic E-state index is 13.1. The first kappa shape index (κ1) is 16.4. The molecule has 24 heavy (non-hydrogen) atoms. The lowest BCUT2D eigenvalue weighted by Crippen LogP contribution is -2.42. The van der Waals surface area contributed by atoms with Gasteiger partial charge in [0, 0.05) is 24.9 Å². The van der Waals surface area contributed by atoms with Crippen LogP contribution in [0.4, 0.5) is 9.18 Å². The summed E-state index contributed by atoms with van der Waals surface area (Å²) < 4.78 is 13.1. The van der Waals surface area contributed by atoms with Gasteiger partial charge in [-0.2, -0.15) is 0 Å². The Morgan fingerprint density at radius 3 is 2.62 bits per heavy atom. The second-order valence-electron chi connectivity index (χ2n) is 6.19. The van der Waals surface area contributed by atoms with Gasteiger partial charge in [0.05, 0.1) is 6.04 Å². The van der Waals surface area contributed by atoms with Gasteiger partial charge in [-0.1, -0.05) is 24.6 Å². The summed E-state index contributed by atoms with van der Waals surface area (Å²) in [5, 5.41) is 5.93. The molecule has 5 heteroatoms. The zero-order valence-corrected chi connectivity index (χ0v) is 13.5. The first-order valence-electron chi connectivity index (χ1n) is 8.42. The number of pyridine rings is 1. The number of nitrogens with one attached hydrogen (secondary N) is 2. The molecule has 2 N–H and O–H groups in total. The Morgan fingerprint density at radius 1 is 1.21 bits per heavy atom. The third-order valence-electron chi connectivity index (χ3n) is 4.53. The van der Waals surface area contributed by atoms with Crippen LogP contribution < -0.4 is 10.6 Å². The number of amides is 2. The Morgan fingerprint density at radius 2 is 2.00 bits per heavy atom. The molecule has 0 bridgehead atoms. The van der Waals surface area contributed by atoms with Gasteiger partial charge in [0.2, 0.25) is 0 Å². The number of carbonyl (C=O) groups excluding carboxylic acids is 1. The van der Waals surface area contributed by atoms with Crippen molar-refractivity contribution in [2.45, 2.75) is 31.7 Å². The highest BCUT2D eigenvalue weighted by Crippen LogP contribution is 2.37. The molecular weight excluding hydrogens is 305 g/mol. The monoisotopic (exact) mass is 327 g/mol. The van der Waals surface area contributed by atoms with E-state index < -0.39 is 0 Å². The molecule has 1 aliphatic rings. The maximum Gasteiger partial charge on any atom is 0.315 e. The van der Waals surface area contributed by atoms with Crippen molar-refractivity contribution in [3.05, 3.63) is 65.7 Å². The molecule has 1 aliphatic carbocycles. The van der Waals surface area contributed by atoms with Crippen molar-refractivity contribution in [2.75, 3.05) is 6.54 Å². The van der Waals surface area contributed by atoms with Crippen molar-refractivity contribution in [1.82, 2.24) is 15.6 Å². The summed E-state index contributed by atoms with van der Waals surface area (Å²) >= 11 is 0. The van der Waals surface area contributed by atoms with E-state index in [-0.39, 0.29) is 17.9 Å². The molecule has 0 saturated heterocycles. The van der Waals surface area contributed by atoms with Crippen LogP contribution in [0.25, 0.3) is 0 Å². The van der Waals surface area contributed by atoms with Gasteiger partial charge in [0.1, 0.15) is 5.82 Å². The van der Waals surface area contributed by atoms with Crippen LogP contribution in [0.15, 0.2) is 48.7 Å². The Balaban J connectivity index is 1.54. The van der Waals surface area contributed by atoms with E-state index in [2.05, 4.69) is 15.6 Å². The normalized spacial score (nSPS) is 15.4. The number of urea groups is 1. The van der Waals surface area contributed by atoms with Crippen LogP contribution in [-0.2, 0) is 6.42 Å². The fourth-order valence-electron chi connectivity index (χ4n) is 2.96. The van der Waals surface area contributed by atoms with Crippen LogP contribution in [0.3, 0.4) is 0 Å². The quantitative estimate of drug-likeness (QED) is 0.852. The molecule has 1 atom stereocenters. The minimum absolute atomic E-state index is 0.0609. The van der Waals surface area contributed by atoms with E-state index >= 15 is 0 Å². The number of aromatic nitrogens is 1. The lowest BCUT2D eigenvalue weighted by Gasteiger charge is -2.34. The van der Waals surface area contributed by atoms with Crippen LogP contribution in [0.5, 0.6) is 0 Å². The largest absolute Gasteiger partial charge is 0.338 e. The molecule has 2 aromatic rings. The van der Waals surface area contributed by atoms with Crippen molar-refractivity contribution in [2.24, 2.45) is 5.92 Å². The van der Waals surface area contributed by atoms with Crippen LogP contribution in [-0.4, -0.2) is 17.6 Å². The summed E-state index contributed by atoms with van der Waals surface area (Å²) in [5.41, 5.74) is 1.91. The van der Waals surface area contributed by atoms with E-state index in [9.17, 15) is 9.18 Å². The molecule has 0 aliphatic heterocycles. The highest BCUT2D eigenvalue weighted by molar-refractivity contribution is 5.74. The van der Waals surface area contributed by atoms with Gasteiger partial charge < -0.3 is 10.6 Å². The molecule has 1 aromatic heterocycles. The van der Waals surface area contributed by atoms with Gasteiger partial charge >= 0.3 is 6.03 Å². The van der Waals surface area contributed by atoms with Gasteiger partial charge in [0.15, 0.2) is 0 Å². The SMILES string of the molecule is O=C(NCCc1ccccn1)NC(c1ccc(F)cc1)C1CCC1. The van der Waals surface area contributed by atoms with E-state index in [4.69, 9.17) is 0 Å². The number of nitrogens with zero attached hydrogens (tertiary/aromatic N) is 1. The van der Waals surface area contributed by atoms with Crippen molar-refractivity contribution >= 4 is 6.03 Å². The Bertz CT molecular complexity index is 656. The third-order valence-corrected chi connectivity index (χ3v) is 4.53. The molecule has 3 rings (SSSR count). The van der Waals surface area contributed by atoms with Gasteiger partial charge in [-0.25, -0.2) is 9.18 Å². The second kappa shape index (κ2) is 7.90. The Hall–Kier alpha value is -2.43. The van der Waals surface area contributed by atoms with Gasteiger partial charge in [-0.15, -0.1) is 0 Å². The minimum atomic E-state index is -0.258. The molecule has 1 aromatic carbocycles. The lowest BCUT2D eigenvalue weighted by atomic mass is 9.77. The summed E-state index contributed by atoms with van der Waals surface area (Å²) in [6, 6.07) is 11.9. The number of rotatable bonds is 6. The highest BCUT2D eigenvalue weighted by Gasteiger charge is 2.29. The fourth-order valence-corrected chi connectivity index (χ4v) is 2.96. The summed E-state index contributed by atoms with van der Waals surface area (Å²) in [6.07, 6.45) is 5.81. The van der Waals surface area contributed by atoms with Crippen molar-refractivity contribution in [3.63, 3.8) is 0 Å². The molecule has 0 radical (unpaired) electrons. The zero-order chi connectivity index (χ0) is 16.8. The van der Waals surface area contributed by atoms with E-state index in [1.54, 1.807) is 18.3 Å². The molecule has 1 unspecified atom stereocenters. The average molecular weight is 327 g/mol. The fraction of sp³-hybridized carbons (Fsp3) is 0.368. The maximum absolute atomic E-state index is 13.1. The predicted molar refractivity (Wildman–Crippen MR) is 91.0 cm³/mol. The standard InChI is InChI=1S/C19H22FN3O/c20-16-9-7-15(8-10-16)18(14-4-3-5-14)23-19(24)22-13-11-17-6-1-2-12-21-17/h1-2,6-10,12,14,18H,3-5,11,13H2,(H2,22,23,24). The molecule has 126 valence electrons. The van der Waals surface area contributed by atoms with E-state index in [0.717, 1.165) is 24.1 Å². The third kappa shape index (κ3) is 4.31. The van der Waals surface area contributed by atoms with Crippen LogP contribution in [0.2, 0.25) is 0 Å². The van der Waals surface area contributed by atoms with E-state index in [0.29, 0.717) is 18.9 Å². The average Bonchev–Trinajstić information content (AvgIpc) is 2.54. The van der Waals surface area contributed by atoms with Crippen molar-refractivity contribution in [3.8, 4) is 0 Å². The van der Waals surface area contributed by atoms with Gasteiger partial charge in [0.25, 0.3) is 0 Å². The smallest absolute Gasteiger partial charge is 0.315 e. The first-order chi connectivity index (χ1) is 11.7. The lowest BCUT2D eigenvalue weighted by molar-refractivity contribution is 0.208. The number of carbonyl (C=O) groups is 1. The van der Waals surface area contributed by atoms with E-state index in [1.807, 2.05) is 18.2 Å². The second-order valence-corrected chi connectivity index (χ2v) is 6.19. The Labute approximate surface area is 141 Å². The number of benzene rings is 1. The summed E-state index contributed by atoms with van der Waals surface area (Å²) in [6.45, 7) is 0.531. The van der Waals surface area contributed by atoms with Crippen LogP contribution >= 0.6 is 0 Å². The molecule has 2 amide bonds. The predicted octanol–water partition coefficient (Wildman–Crippen LogP) is 3.60. The summed E-state index contributed by atoms with van der Waals surface area (Å²) in [4.78, 5) is 16.4. The van der Waals surface area contributed by atoms with Crippen LogP contribution in [0, 0.1) is 11.7 Å². The van der Waals surface area contributed by atoms with Crippen molar-refractivity contribution < 1.29 is 9.18 Å². The number of hydrogen-bond acceptors (Lipinski definition) is 2. The van der Waals surface area contributed by atoms with E-state index in [1.165, 1.54) is 18.6 Å². The van der Waals surface area contributed by atoms with Gasteiger partial charge in [-0.3, -0.25) is 4.98 Å². The summed E-state index contributed by atoms with van der Waals surface area (Å²) in [7, 11) is 0. The summed E-state index contributed by atoms with van der Waals surface area (Å²) in [5.74, 6) is 0.169. The topological polar surface area (TPSA) is 54.0 Å². The molecule has 0 spiro atoms. The number of hydrogen-bond donors (Lipinski definition) is 2. The van der Waals surface area contributed by atoms with Crippen LogP contribution in [0.1, 0.15) is 36.6 Å². The minimum Gasteiger partial charge on any atom is -0.338 e. The molecule has 1 fully saturated rings.